The molecule has 0 saturated heterocycles. The number of allylic oxidation sites excluding steroid dienone is 4. The third-order valence-corrected chi connectivity index (χ3v) is 10.5. The fourth-order valence-corrected chi connectivity index (χ4v) is 8.58. The Morgan fingerprint density at radius 1 is 1.21 bits per heavy atom. The molecule has 1 unspecified atom stereocenters. The van der Waals surface area contributed by atoms with Crippen LogP contribution in [0.15, 0.2) is 23.8 Å². The number of rotatable bonds is 6. The number of carbonyl (C=O) groups excluding carboxylic acids is 3. The Hall–Kier alpha value is -1.21. The lowest BCUT2D eigenvalue weighted by molar-refractivity contribution is -0.202. The van der Waals surface area contributed by atoms with E-state index in [2.05, 4.69) is 13.8 Å². The van der Waals surface area contributed by atoms with Crippen molar-refractivity contribution in [2.45, 2.75) is 68.7 Å². The molecule has 0 spiro atoms. The Kier molecular flexibility index (Phi) is 6.39. The first-order chi connectivity index (χ1) is 15.5. The maximum atomic E-state index is 13.5. The van der Waals surface area contributed by atoms with Gasteiger partial charge < -0.3 is 14.2 Å². The van der Waals surface area contributed by atoms with E-state index >= 15 is 0 Å². The van der Waals surface area contributed by atoms with Crippen LogP contribution in [-0.2, 0) is 28.6 Å². The van der Waals surface area contributed by atoms with Crippen molar-refractivity contribution in [3.05, 3.63) is 23.8 Å². The van der Waals surface area contributed by atoms with E-state index in [0.29, 0.717) is 12.8 Å². The number of carbonyl (C=O) groups is 3. The van der Waals surface area contributed by atoms with Gasteiger partial charge in [-0.2, -0.15) is 0 Å². The number of ketones is 2. The van der Waals surface area contributed by atoms with Crippen LogP contribution in [0.4, 0.5) is 0 Å². The Labute approximate surface area is 205 Å². The number of alkyl halides is 2. The molecule has 3 fully saturated rings. The van der Waals surface area contributed by atoms with E-state index in [-0.39, 0.29) is 36.8 Å². The molecule has 0 N–H and O–H groups in total. The highest BCUT2D eigenvalue weighted by molar-refractivity contribution is 6.34. The summed E-state index contributed by atoms with van der Waals surface area (Å²) in [5, 5.41) is -0.470. The highest BCUT2D eigenvalue weighted by Crippen LogP contribution is 2.72. The van der Waals surface area contributed by atoms with Gasteiger partial charge in [-0.25, -0.2) is 0 Å². The van der Waals surface area contributed by atoms with E-state index in [1.165, 1.54) is 14.0 Å². The summed E-state index contributed by atoms with van der Waals surface area (Å²) in [4.78, 5) is 36.2. The minimum atomic E-state index is -1.18. The summed E-state index contributed by atoms with van der Waals surface area (Å²) in [6, 6.07) is 0. The van der Waals surface area contributed by atoms with Crippen LogP contribution in [0.1, 0.15) is 52.9 Å². The van der Waals surface area contributed by atoms with E-state index < -0.39 is 32.7 Å². The molecule has 33 heavy (non-hydrogen) atoms. The average molecular weight is 499 g/mol. The average Bonchev–Trinajstić information content (AvgIpc) is 3.05. The van der Waals surface area contributed by atoms with Crippen molar-refractivity contribution in [1.29, 1.82) is 0 Å². The van der Waals surface area contributed by atoms with E-state index in [0.717, 1.165) is 24.8 Å². The van der Waals surface area contributed by atoms with Gasteiger partial charge in [0.1, 0.15) is 12.4 Å². The van der Waals surface area contributed by atoms with Crippen LogP contribution < -0.4 is 0 Å². The van der Waals surface area contributed by atoms with Gasteiger partial charge in [-0.05, 0) is 56.1 Å². The summed E-state index contributed by atoms with van der Waals surface area (Å²) in [5.41, 5.74) is -1.30. The molecule has 4 rings (SSSR count). The van der Waals surface area contributed by atoms with Crippen LogP contribution in [0.5, 0.6) is 0 Å². The number of esters is 1. The molecule has 7 atom stereocenters. The van der Waals surface area contributed by atoms with Gasteiger partial charge in [0.15, 0.2) is 12.4 Å². The lowest BCUT2D eigenvalue weighted by Gasteiger charge is -2.64. The molecule has 0 heterocycles. The maximum Gasteiger partial charge on any atom is 0.303 e. The molecule has 0 aromatic rings. The summed E-state index contributed by atoms with van der Waals surface area (Å²) in [5.74, 6) is -0.697. The van der Waals surface area contributed by atoms with Crippen molar-refractivity contribution >= 4 is 40.7 Å². The molecule has 4 aliphatic rings. The number of methoxy groups -OCH3 is 1. The number of halogens is 2. The Morgan fingerprint density at radius 2 is 1.94 bits per heavy atom. The first-order valence-corrected chi connectivity index (χ1v) is 12.3. The monoisotopic (exact) mass is 498 g/mol. The van der Waals surface area contributed by atoms with E-state index in [1.54, 1.807) is 12.2 Å². The van der Waals surface area contributed by atoms with Crippen molar-refractivity contribution < 1.29 is 28.6 Å². The van der Waals surface area contributed by atoms with Gasteiger partial charge in [-0.1, -0.05) is 25.5 Å². The SMILES string of the molecule is COCO[C@]1(C(=O)COC(C)=O)CC[C@H]2[C@@H]3CCC4=CC(=O)C=C[C@]4(C)[C@@]3(Cl)C(Cl)C[C@@]21C. The van der Waals surface area contributed by atoms with Gasteiger partial charge in [-0.15, -0.1) is 23.2 Å². The Balaban J connectivity index is 1.75. The number of Topliss-reactive ketones (excluding diaryl/α,β-unsaturated/α-hetero) is 1. The summed E-state index contributed by atoms with van der Waals surface area (Å²) in [7, 11) is 1.51. The molecule has 4 aliphatic carbocycles. The Morgan fingerprint density at radius 3 is 2.61 bits per heavy atom. The molecule has 182 valence electrons. The van der Waals surface area contributed by atoms with Crippen LogP contribution in [-0.4, -0.2) is 53.9 Å². The summed E-state index contributed by atoms with van der Waals surface area (Å²) < 4.78 is 16.4. The van der Waals surface area contributed by atoms with Crippen LogP contribution >= 0.6 is 23.2 Å². The standard InChI is InChI=1S/C25H32Cl2O6/c1-15(28)32-13-21(30)24(33-14-31-4)10-8-18-19-6-5-16-11-17(29)7-9-22(16,2)25(19,27)20(26)12-23(18,24)3/h7,9,11,18-20H,5-6,8,10,12-14H2,1-4H3/t18-,19-,20?,22-,23-,24-,25-/m0/s1. The smallest absolute Gasteiger partial charge is 0.303 e. The second kappa shape index (κ2) is 8.47. The minimum absolute atomic E-state index is 0.0168. The van der Waals surface area contributed by atoms with Crippen LogP contribution in [0.2, 0.25) is 0 Å². The van der Waals surface area contributed by atoms with Crippen LogP contribution in [0.3, 0.4) is 0 Å². The summed E-state index contributed by atoms with van der Waals surface area (Å²) in [6.45, 7) is 5.02. The third kappa shape index (κ3) is 3.39. The second-order valence-electron chi connectivity index (χ2n) is 10.3. The van der Waals surface area contributed by atoms with E-state index in [4.69, 9.17) is 37.4 Å². The van der Waals surface area contributed by atoms with E-state index in [9.17, 15) is 14.4 Å². The summed E-state index contributed by atoms with van der Waals surface area (Å²) >= 11 is 14.7. The lowest BCUT2D eigenvalue weighted by Crippen LogP contribution is -2.68. The first kappa shape index (κ1) is 24.9. The maximum absolute atomic E-state index is 13.5. The fourth-order valence-electron chi connectivity index (χ4n) is 7.35. The normalized spacial score (nSPS) is 43.9. The highest BCUT2D eigenvalue weighted by Gasteiger charge is 2.73. The molecule has 0 aromatic carbocycles. The van der Waals surface area contributed by atoms with Crippen molar-refractivity contribution in [3.8, 4) is 0 Å². The zero-order valence-electron chi connectivity index (χ0n) is 19.6. The number of hydrogen-bond acceptors (Lipinski definition) is 6. The third-order valence-electron chi connectivity index (χ3n) is 9.00. The molecule has 0 aromatic heterocycles. The molecular formula is C25H32Cl2O6. The Bertz CT molecular complexity index is 930. The van der Waals surface area contributed by atoms with Crippen molar-refractivity contribution in [2.24, 2.45) is 22.7 Å². The van der Waals surface area contributed by atoms with Gasteiger partial charge >= 0.3 is 5.97 Å². The van der Waals surface area contributed by atoms with Gasteiger partial charge in [-0.3, -0.25) is 14.4 Å². The van der Waals surface area contributed by atoms with Gasteiger partial charge in [0.25, 0.3) is 0 Å². The molecule has 8 heteroatoms. The van der Waals surface area contributed by atoms with Gasteiger partial charge in [0, 0.05) is 24.9 Å². The van der Waals surface area contributed by atoms with Crippen molar-refractivity contribution in [3.63, 3.8) is 0 Å². The predicted molar refractivity (Wildman–Crippen MR) is 124 cm³/mol. The molecule has 0 radical (unpaired) electrons. The highest BCUT2D eigenvalue weighted by atomic mass is 35.5. The number of fused-ring (bicyclic) bond motifs is 5. The fraction of sp³-hybridized carbons (Fsp3) is 0.720. The molecule has 0 amide bonds. The number of hydrogen-bond donors (Lipinski definition) is 0. The minimum Gasteiger partial charge on any atom is -0.458 e. The predicted octanol–water partition coefficient (Wildman–Crippen LogP) is 4.36. The first-order valence-electron chi connectivity index (χ1n) is 11.5. The van der Waals surface area contributed by atoms with Crippen LogP contribution in [0.25, 0.3) is 0 Å². The topological polar surface area (TPSA) is 78.9 Å². The quantitative estimate of drug-likeness (QED) is 0.307. The van der Waals surface area contributed by atoms with Gasteiger partial charge in [0.05, 0.1) is 10.3 Å². The van der Waals surface area contributed by atoms with Gasteiger partial charge in [0.2, 0.25) is 5.78 Å². The lowest BCUT2D eigenvalue weighted by atomic mass is 9.46. The largest absolute Gasteiger partial charge is 0.458 e. The molecular weight excluding hydrogens is 467 g/mol. The van der Waals surface area contributed by atoms with Crippen molar-refractivity contribution in [1.82, 2.24) is 0 Å². The molecule has 0 aliphatic heterocycles. The van der Waals surface area contributed by atoms with E-state index in [1.807, 2.05) is 6.08 Å². The second-order valence-corrected chi connectivity index (χ2v) is 11.5. The van der Waals surface area contributed by atoms with Crippen molar-refractivity contribution in [2.75, 3.05) is 20.5 Å². The zero-order chi connectivity index (χ0) is 24.2. The number of ether oxygens (including phenoxy) is 3. The molecule has 6 nitrogen and oxygen atoms in total. The summed E-state index contributed by atoms with van der Waals surface area (Å²) in [6.07, 6.45) is 8.46. The molecule has 0 bridgehead atoms. The van der Waals surface area contributed by atoms with Crippen LogP contribution in [0, 0.1) is 22.7 Å². The molecule has 3 saturated carbocycles. The zero-order valence-corrected chi connectivity index (χ0v) is 21.1.